The maximum absolute atomic E-state index is 11.9. The summed E-state index contributed by atoms with van der Waals surface area (Å²) in [4.78, 5) is 11.9. The predicted molar refractivity (Wildman–Crippen MR) is 59.1 cm³/mol. The molecule has 5 nitrogen and oxygen atoms in total. The molecule has 2 atom stereocenters. The molecule has 1 saturated carbocycles. The first-order valence-electron chi connectivity index (χ1n) is 5.67. The number of amides is 1. The minimum Gasteiger partial charge on any atom is -0.391 e. The number of aromatic nitrogens is 2. The molecular weight excluding hydrogens is 206 g/mol. The number of hydrogen-bond acceptors (Lipinski definition) is 3. The van der Waals surface area contributed by atoms with E-state index in [1.165, 1.54) is 6.20 Å². The van der Waals surface area contributed by atoms with E-state index in [2.05, 4.69) is 15.5 Å². The van der Waals surface area contributed by atoms with Crippen LogP contribution in [0.3, 0.4) is 0 Å². The summed E-state index contributed by atoms with van der Waals surface area (Å²) in [5.74, 6) is -0.155. The van der Waals surface area contributed by atoms with Gasteiger partial charge in [-0.05, 0) is 19.8 Å². The Labute approximate surface area is 94.2 Å². The molecule has 5 heteroatoms. The lowest BCUT2D eigenvalue weighted by Crippen LogP contribution is -2.45. The van der Waals surface area contributed by atoms with Crippen molar-refractivity contribution in [2.24, 2.45) is 0 Å². The molecule has 1 aliphatic rings. The highest BCUT2D eigenvalue weighted by atomic mass is 16.3. The Balaban J connectivity index is 1.99. The van der Waals surface area contributed by atoms with Crippen molar-refractivity contribution in [2.75, 3.05) is 0 Å². The number of hydrogen-bond donors (Lipinski definition) is 3. The standard InChI is InChI=1S/C11H17N3O2/c1-7-8(6-12-14-7)11(16)13-9-4-2-3-5-10(9)15/h6,9-10,15H,2-5H2,1H3,(H,12,14)(H,13,16)/t9-,10-/m0/s1. The summed E-state index contributed by atoms with van der Waals surface area (Å²) in [5, 5.41) is 19.1. The minimum absolute atomic E-state index is 0.115. The summed E-state index contributed by atoms with van der Waals surface area (Å²) in [7, 11) is 0. The number of carbonyl (C=O) groups excluding carboxylic acids is 1. The number of aromatic amines is 1. The molecule has 16 heavy (non-hydrogen) atoms. The van der Waals surface area contributed by atoms with Gasteiger partial charge in [0.1, 0.15) is 0 Å². The van der Waals surface area contributed by atoms with Gasteiger partial charge in [0.15, 0.2) is 0 Å². The van der Waals surface area contributed by atoms with Crippen LogP contribution in [-0.4, -0.2) is 33.4 Å². The molecule has 1 aromatic rings. The van der Waals surface area contributed by atoms with Gasteiger partial charge in [-0.15, -0.1) is 0 Å². The number of nitrogens with zero attached hydrogens (tertiary/aromatic N) is 1. The third kappa shape index (κ3) is 2.24. The molecule has 1 aromatic heterocycles. The molecule has 1 heterocycles. The Morgan fingerprint density at radius 3 is 2.94 bits per heavy atom. The predicted octanol–water partition coefficient (Wildman–Crippen LogP) is 0.751. The molecule has 1 amide bonds. The highest BCUT2D eigenvalue weighted by molar-refractivity contribution is 5.95. The fourth-order valence-electron chi connectivity index (χ4n) is 2.11. The van der Waals surface area contributed by atoms with Gasteiger partial charge in [-0.3, -0.25) is 9.89 Å². The van der Waals surface area contributed by atoms with Gasteiger partial charge < -0.3 is 10.4 Å². The average molecular weight is 223 g/mol. The molecule has 0 spiro atoms. The monoisotopic (exact) mass is 223 g/mol. The number of carbonyl (C=O) groups is 1. The fraction of sp³-hybridized carbons (Fsp3) is 0.636. The first-order chi connectivity index (χ1) is 7.68. The van der Waals surface area contributed by atoms with Crippen LogP contribution in [0.15, 0.2) is 6.20 Å². The van der Waals surface area contributed by atoms with Crippen LogP contribution in [0.1, 0.15) is 41.7 Å². The molecule has 88 valence electrons. The van der Waals surface area contributed by atoms with Crippen LogP contribution in [0, 0.1) is 6.92 Å². The summed E-state index contributed by atoms with van der Waals surface area (Å²) in [5.41, 5.74) is 1.31. The van der Waals surface area contributed by atoms with Crippen LogP contribution in [0.4, 0.5) is 0 Å². The van der Waals surface area contributed by atoms with Crippen LogP contribution in [0.25, 0.3) is 0 Å². The van der Waals surface area contributed by atoms with Gasteiger partial charge in [-0.25, -0.2) is 0 Å². The van der Waals surface area contributed by atoms with Crippen molar-refractivity contribution >= 4 is 5.91 Å². The van der Waals surface area contributed by atoms with Crippen LogP contribution >= 0.6 is 0 Å². The normalized spacial score (nSPS) is 25.4. The van der Waals surface area contributed by atoms with E-state index in [0.717, 1.165) is 31.4 Å². The smallest absolute Gasteiger partial charge is 0.255 e. The van der Waals surface area contributed by atoms with Crippen molar-refractivity contribution in [1.82, 2.24) is 15.5 Å². The molecule has 0 aliphatic heterocycles. The van der Waals surface area contributed by atoms with Crippen LogP contribution in [0.5, 0.6) is 0 Å². The lowest BCUT2D eigenvalue weighted by molar-refractivity contribution is 0.0717. The maximum Gasteiger partial charge on any atom is 0.255 e. The first-order valence-corrected chi connectivity index (χ1v) is 5.67. The lowest BCUT2D eigenvalue weighted by atomic mass is 9.92. The van der Waals surface area contributed by atoms with Crippen molar-refractivity contribution < 1.29 is 9.90 Å². The Kier molecular flexibility index (Phi) is 3.24. The number of rotatable bonds is 2. The van der Waals surface area contributed by atoms with Gasteiger partial charge >= 0.3 is 0 Å². The van der Waals surface area contributed by atoms with Crippen molar-refractivity contribution in [1.29, 1.82) is 0 Å². The molecular formula is C11H17N3O2. The summed E-state index contributed by atoms with van der Waals surface area (Å²) in [6.45, 7) is 1.80. The van der Waals surface area contributed by atoms with E-state index < -0.39 is 6.10 Å². The van der Waals surface area contributed by atoms with Gasteiger partial charge in [-0.2, -0.15) is 5.10 Å². The third-order valence-corrected chi connectivity index (χ3v) is 3.12. The molecule has 0 aromatic carbocycles. The first kappa shape index (κ1) is 11.1. The van der Waals surface area contributed by atoms with Gasteiger partial charge in [0.25, 0.3) is 5.91 Å². The molecule has 0 radical (unpaired) electrons. The van der Waals surface area contributed by atoms with Crippen LogP contribution in [-0.2, 0) is 0 Å². The number of aryl methyl sites for hydroxylation is 1. The second kappa shape index (κ2) is 4.65. The van der Waals surface area contributed by atoms with Gasteiger partial charge in [-0.1, -0.05) is 12.8 Å². The number of H-pyrrole nitrogens is 1. The maximum atomic E-state index is 11.9. The summed E-state index contributed by atoms with van der Waals surface area (Å²) >= 11 is 0. The Hall–Kier alpha value is -1.36. The largest absolute Gasteiger partial charge is 0.391 e. The highest BCUT2D eigenvalue weighted by Crippen LogP contribution is 2.18. The Bertz CT molecular complexity index is 375. The van der Waals surface area contributed by atoms with Gasteiger partial charge in [0.2, 0.25) is 0 Å². The average Bonchev–Trinajstić information content (AvgIpc) is 2.68. The Morgan fingerprint density at radius 2 is 2.31 bits per heavy atom. The Morgan fingerprint density at radius 1 is 1.56 bits per heavy atom. The zero-order valence-electron chi connectivity index (χ0n) is 9.36. The topological polar surface area (TPSA) is 78.0 Å². The molecule has 1 aliphatic carbocycles. The van der Waals surface area contributed by atoms with E-state index in [9.17, 15) is 9.90 Å². The summed E-state index contributed by atoms with van der Waals surface area (Å²) in [6.07, 6.45) is 4.83. The second-order valence-corrected chi connectivity index (χ2v) is 4.34. The molecule has 0 bridgehead atoms. The van der Waals surface area contributed by atoms with Crippen molar-refractivity contribution in [2.45, 2.75) is 44.8 Å². The SMILES string of the molecule is Cc1[nH]ncc1C(=O)N[C@H]1CCCC[C@@H]1O. The fourth-order valence-corrected chi connectivity index (χ4v) is 2.11. The van der Waals surface area contributed by atoms with Crippen LogP contribution in [0.2, 0.25) is 0 Å². The minimum atomic E-state index is -0.412. The van der Waals surface area contributed by atoms with E-state index in [0.29, 0.717) is 5.56 Å². The van der Waals surface area contributed by atoms with Gasteiger partial charge in [0, 0.05) is 5.69 Å². The van der Waals surface area contributed by atoms with E-state index in [1.54, 1.807) is 6.92 Å². The highest BCUT2D eigenvalue weighted by Gasteiger charge is 2.25. The van der Waals surface area contributed by atoms with Crippen molar-refractivity contribution in [3.63, 3.8) is 0 Å². The molecule has 1 fully saturated rings. The van der Waals surface area contributed by atoms with E-state index in [-0.39, 0.29) is 11.9 Å². The number of nitrogens with one attached hydrogen (secondary N) is 2. The number of aliphatic hydroxyl groups is 1. The third-order valence-electron chi connectivity index (χ3n) is 3.12. The van der Waals surface area contributed by atoms with Crippen molar-refractivity contribution in [3.8, 4) is 0 Å². The van der Waals surface area contributed by atoms with E-state index in [1.807, 2.05) is 0 Å². The molecule has 3 N–H and O–H groups in total. The van der Waals surface area contributed by atoms with E-state index >= 15 is 0 Å². The molecule has 2 rings (SSSR count). The lowest BCUT2D eigenvalue weighted by Gasteiger charge is -2.28. The van der Waals surface area contributed by atoms with Gasteiger partial charge in [0.05, 0.1) is 23.9 Å². The molecule has 0 unspecified atom stereocenters. The summed E-state index contributed by atoms with van der Waals surface area (Å²) < 4.78 is 0. The van der Waals surface area contributed by atoms with Crippen molar-refractivity contribution in [3.05, 3.63) is 17.5 Å². The van der Waals surface area contributed by atoms with E-state index in [4.69, 9.17) is 0 Å². The summed E-state index contributed by atoms with van der Waals surface area (Å²) in [6, 6.07) is -0.115. The van der Waals surface area contributed by atoms with Crippen LogP contribution < -0.4 is 5.32 Å². The quantitative estimate of drug-likeness (QED) is 0.692. The zero-order chi connectivity index (χ0) is 11.5. The zero-order valence-corrected chi connectivity index (χ0v) is 9.36. The second-order valence-electron chi connectivity index (χ2n) is 4.34. The number of aliphatic hydroxyl groups excluding tert-OH is 1. The molecule has 0 saturated heterocycles.